The molecule has 0 aliphatic heterocycles. The van der Waals surface area contributed by atoms with Gasteiger partial charge in [-0.15, -0.1) is 0 Å². The van der Waals surface area contributed by atoms with Gasteiger partial charge in [0, 0.05) is 31.0 Å². The van der Waals surface area contributed by atoms with Crippen LogP contribution in [-0.2, 0) is 0 Å². The molecule has 3 N–H and O–H groups in total. The van der Waals surface area contributed by atoms with Gasteiger partial charge >= 0.3 is 0 Å². The Hall–Kier alpha value is -0.420. The fourth-order valence-electron chi connectivity index (χ4n) is 3.19. The second-order valence-electron chi connectivity index (χ2n) is 6.39. The lowest BCUT2D eigenvalue weighted by atomic mass is 9.79. The molecule has 0 aromatic heterocycles. The van der Waals surface area contributed by atoms with E-state index >= 15 is 0 Å². The van der Waals surface area contributed by atoms with Crippen LogP contribution < -0.4 is 10.6 Å². The van der Waals surface area contributed by atoms with Crippen molar-refractivity contribution in [1.82, 2.24) is 10.6 Å². The van der Waals surface area contributed by atoms with E-state index in [1.54, 1.807) is 0 Å². The average Bonchev–Trinajstić information content (AvgIpc) is 2.99. The van der Waals surface area contributed by atoms with Crippen LogP contribution in [0, 0.1) is 5.41 Å². The van der Waals surface area contributed by atoms with Crippen LogP contribution in [0.25, 0.3) is 0 Å². The van der Waals surface area contributed by atoms with Crippen molar-refractivity contribution >= 4 is 17.7 Å². The van der Waals surface area contributed by atoms with Crippen molar-refractivity contribution in [3.63, 3.8) is 0 Å². The summed E-state index contributed by atoms with van der Waals surface area (Å²) in [6.45, 7) is 8.44. The Bertz CT molecular complexity index is 332. The summed E-state index contributed by atoms with van der Waals surface area (Å²) in [7, 11) is 0. The van der Waals surface area contributed by atoms with Gasteiger partial charge in [-0.3, -0.25) is 4.99 Å². The third-order valence-corrected chi connectivity index (χ3v) is 6.21. The molecule has 0 aromatic carbocycles. The van der Waals surface area contributed by atoms with Crippen LogP contribution in [-0.4, -0.2) is 48.3 Å². The predicted molar refractivity (Wildman–Crippen MR) is 98.8 cm³/mol. The first-order valence-corrected chi connectivity index (χ1v) is 10.1. The SMILES string of the molecule is CCNC(=NCC(CC)(CC)CCO)NC1CCC(SC)C1. The minimum absolute atomic E-state index is 0.134. The highest BCUT2D eigenvalue weighted by molar-refractivity contribution is 7.99. The van der Waals surface area contributed by atoms with Crippen molar-refractivity contribution in [1.29, 1.82) is 0 Å². The number of aliphatic hydroxyl groups is 1. The van der Waals surface area contributed by atoms with Gasteiger partial charge in [-0.1, -0.05) is 13.8 Å². The van der Waals surface area contributed by atoms with E-state index in [-0.39, 0.29) is 12.0 Å². The van der Waals surface area contributed by atoms with Crippen molar-refractivity contribution < 1.29 is 5.11 Å². The molecule has 2 atom stereocenters. The van der Waals surface area contributed by atoms with Crippen LogP contribution in [0.4, 0.5) is 0 Å². The van der Waals surface area contributed by atoms with Crippen LogP contribution in [0.2, 0.25) is 0 Å². The number of rotatable bonds is 9. The maximum Gasteiger partial charge on any atom is 0.191 e. The first-order chi connectivity index (χ1) is 10.6. The van der Waals surface area contributed by atoms with E-state index in [1.165, 1.54) is 19.3 Å². The highest BCUT2D eigenvalue weighted by atomic mass is 32.2. The van der Waals surface area contributed by atoms with Gasteiger partial charge in [0.2, 0.25) is 0 Å². The Kier molecular flexibility index (Phi) is 9.25. The Morgan fingerprint density at radius 1 is 1.27 bits per heavy atom. The maximum absolute atomic E-state index is 9.34. The molecule has 130 valence electrons. The third kappa shape index (κ3) is 5.99. The maximum atomic E-state index is 9.34. The van der Waals surface area contributed by atoms with Gasteiger partial charge in [-0.25, -0.2) is 0 Å². The lowest BCUT2D eigenvalue weighted by Crippen LogP contribution is -2.43. The second kappa shape index (κ2) is 10.4. The number of thioether (sulfide) groups is 1. The summed E-state index contributed by atoms with van der Waals surface area (Å²) in [5.74, 6) is 0.943. The van der Waals surface area contributed by atoms with E-state index in [0.29, 0.717) is 6.04 Å². The Labute approximate surface area is 140 Å². The zero-order valence-electron chi connectivity index (χ0n) is 14.8. The van der Waals surface area contributed by atoms with Crippen molar-refractivity contribution in [3.8, 4) is 0 Å². The number of nitrogens with one attached hydrogen (secondary N) is 2. The Morgan fingerprint density at radius 2 is 2.00 bits per heavy atom. The second-order valence-corrected chi connectivity index (χ2v) is 7.53. The zero-order chi connectivity index (χ0) is 16.4. The van der Waals surface area contributed by atoms with Gasteiger partial charge in [0.05, 0.1) is 0 Å². The van der Waals surface area contributed by atoms with Crippen LogP contribution >= 0.6 is 11.8 Å². The molecule has 2 unspecified atom stereocenters. The number of aliphatic imine (C=N–C) groups is 1. The minimum atomic E-state index is 0.134. The van der Waals surface area contributed by atoms with E-state index in [2.05, 4.69) is 37.7 Å². The lowest BCUT2D eigenvalue weighted by molar-refractivity contribution is 0.175. The Morgan fingerprint density at radius 3 is 2.50 bits per heavy atom. The van der Waals surface area contributed by atoms with Gasteiger partial charge in [0.25, 0.3) is 0 Å². The molecule has 0 radical (unpaired) electrons. The predicted octanol–water partition coefficient (Wildman–Crippen LogP) is 3.01. The molecule has 0 aromatic rings. The molecule has 0 saturated heterocycles. The summed E-state index contributed by atoms with van der Waals surface area (Å²) in [4.78, 5) is 4.84. The summed E-state index contributed by atoms with van der Waals surface area (Å²) in [5, 5.41) is 17.1. The van der Waals surface area contributed by atoms with Crippen LogP contribution in [0.15, 0.2) is 4.99 Å². The lowest BCUT2D eigenvalue weighted by Gasteiger charge is -2.30. The van der Waals surface area contributed by atoms with E-state index < -0.39 is 0 Å². The van der Waals surface area contributed by atoms with Gasteiger partial charge in [0.15, 0.2) is 5.96 Å². The molecule has 0 amide bonds. The van der Waals surface area contributed by atoms with E-state index in [4.69, 9.17) is 4.99 Å². The van der Waals surface area contributed by atoms with Crippen LogP contribution in [0.5, 0.6) is 0 Å². The summed E-state index contributed by atoms with van der Waals surface area (Å²) in [5.41, 5.74) is 0.134. The fraction of sp³-hybridized carbons (Fsp3) is 0.941. The quantitative estimate of drug-likeness (QED) is 0.449. The molecule has 0 bridgehead atoms. The molecular formula is C17H35N3OS. The molecule has 0 spiro atoms. The van der Waals surface area contributed by atoms with E-state index in [0.717, 1.165) is 43.6 Å². The molecule has 1 saturated carbocycles. The number of hydrogen-bond acceptors (Lipinski definition) is 3. The fourth-order valence-corrected chi connectivity index (χ4v) is 3.99. The first kappa shape index (κ1) is 19.6. The molecule has 1 fully saturated rings. The zero-order valence-corrected chi connectivity index (χ0v) is 15.6. The van der Waals surface area contributed by atoms with Gasteiger partial charge in [-0.2, -0.15) is 11.8 Å². The molecule has 1 aliphatic carbocycles. The summed E-state index contributed by atoms with van der Waals surface area (Å²) in [6.07, 6.45) is 8.93. The van der Waals surface area contributed by atoms with Gasteiger partial charge in [0.1, 0.15) is 0 Å². The normalized spacial score (nSPS) is 22.9. The first-order valence-electron chi connectivity index (χ1n) is 8.81. The number of hydrogen-bond donors (Lipinski definition) is 3. The molecule has 1 aliphatic rings. The van der Waals surface area contributed by atoms with Crippen molar-refractivity contribution in [3.05, 3.63) is 0 Å². The van der Waals surface area contributed by atoms with E-state index in [9.17, 15) is 5.11 Å². The number of nitrogens with zero attached hydrogens (tertiary/aromatic N) is 1. The molecule has 5 heteroatoms. The highest BCUT2D eigenvalue weighted by Gasteiger charge is 2.27. The summed E-state index contributed by atoms with van der Waals surface area (Å²) in [6, 6.07) is 0.547. The van der Waals surface area contributed by atoms with Gasteiger partial charge < -0.3 is 15.7 Å². The topological polar surface area (TPSA) is 56.7 Å². The largest absolute Gasteiger partial charge is 0.396 e. The van der Waals surface area contributed by atoms with Crippen LogP contribution in [0.3, 0.4) is 0 Å². The molecule has 4 nitrogen and oxygen atoms in total. The van der Waals surface area contributed by atoms with E-state index in [1.807, 2.05) is 11.8 Å². The summed E-state index contributed by atoms with van der Waals surface area (Å²) < 4.78 is 0. The monoisotopic (exact) mass is 329 g/mol. The minimum Gasteiger partial charge on any atom is -0.396 e. The third-order valence-electron chi connectivity index (χ3n) is 5.12. The standard InChI is InChI=1S/C17H35N3OS/c1-5-17(6-2,10-11-21)13-19-16(18-7-3)20-14-8-9-15(12-14)22-4/h14-15,21H,5-13H2,1-4H3,(H2,18,19,20). The van der Waals surface area contributed by atoms with Crippen molar-refractivity contribution in [2.24, 2.45) is 10.4 Å². The van der Waals surface area contributed by atoms with Crippen molar-refractivity contribution in [2.75, 3.05) is 26.0 Å². The van der Waals surface area contributed by atoms with Crippen LogP contribution in [0.1, 0.15) is 59.3 Å². The smallest absolute Gasteiger partial charge is 0.191 e. The molecule has 22 heavy (non-hydrogen) atoms. The number of aliphatic hydroxyl groups excluding tert-OH is 1. The van der Waals surface area contributed by atoms with Gasteiger partial charge in [-0.05, 0) is 57.1 Å². The Balaban J connectivity index is 2.64. The highest BCUT2D eigenvalue weighted by Crippen LogP contribution is 2.31. The molecule has 1 rings (SSSR count). The summed E-state index contributed by atoms with van der Waals surface area (Å²) >= 11 is 1.98. The molecule has 0 heterocycles. The number of guanidine groups is 1. The van der Waals surface area contributed by atoms with Crippen molar-refractivity contribution in [2.45, 2.75) is 70.6 Å². The molecular weight excluding hydrogens is 294 g/mol. The average molecular weight is 330 g/mol.